The van der Waals surface area contributed by atoms with Crippen molar-refractivity contribution in [1.29, 1.82) is 0 Å². The van der Waals surface area contributed by atoms with E-state index in [0.717, 1.165) is 26.2 Å². The highest BCUT2D eigenvalue weighted by molar-refractivity contribution is 5.81. The summed E-state index contributed by atoms with van der Waals surface area (Å²) in [5, 5.41) is 5.99. The van der Waals surface area contributed by atoms with Crippen LogP contribution in [0.2, 0.25) is 0 Å². The smallest absolute Gasteiger partial charge is 0.238 e. The van der Waals surface area contributed by atoms with Crippen molar-refractivity contribution < 1.29 is 4.79 Å². The molecule has 1 unspecified atom stereocenters. The number of nitrogens with zero attached hydrogens (tertiary/aromatic N) is 1. The first-order valence-electron chi connectivity index (χ1n) is 6.01. The van der Waals surface area contributed by atoms with Gasteiger partial charge in [-0.15, -0.1) is 0 Å². The van der Waals surface area contributed by atoms with Crippen molar-refractivity contribution in [2.24, 2.45) is 0 Å². The molecular weight excluding hydrogens is 214 g/mol. The van der Waals surface area contributed by atoms with Gasteiger partial charge in [-0.1, -0.05) is 30.3 Å². The number of piperazine rings is 1. The van der Waals surface area contributed by atoms with E-state index in [1.807, 2.05) is 18.2 Å². The van der Waals surface area contributed by atoms with E-state index in [-0.39, 0.29) is 11.9 Å². The molecule has 1 aromatic rings. The molecule has 1 aromatic carbocycles. The van der Waals surface area contributed by atoms with Gasteiger partial charge in [0, 0.05) is 33.2 Å². The predicted molar refractivity (Wildman–Crippen MR) is 67.6 cm³/mol. The Morgan fingerprint density at radius 1 is 1.47 bits per heavy atom. The molecule has 0 radical (unpaired) electrons. The summed E-state index contributed by atoms with van der Waals surface area (Å²) in [5.74, 6) is 0.0909. The second-order valence-corrected chi connectivity index (χ2v) is 4.29. The lowest BCUT2D eigenvalue weighted by molar-refractivity contribution is -0.126. The number of likely N-dealkylation sites (N-methyl/N-ethyl adjacent to an activating group) is 1. The van der Waals surface area contributed by atoms with Gasteiger partial charge in [-0.2, -0.15) is 0 Å². The summed E-state index contributed by atoms with van der Waals surface area (Å²) in [6, 6.07) is 10.2. The van der Waals surface area contributed by atoms with E-state index >= 15 is 0 Å². The van der Waals surface area contributed by atoms with Gasteiger partial charge in [0.05, 0.1) is 0 Å². The molecule has 1 saturated heterocycles. The quantitative estimate of drug-likeness (QED) is 0.784. The Balaban J connectivity index is 2.04. The Morgan fingerprint density at radius 2 is 2.24 bits per heavy atom. The van der Waals surface area contributed by atoms with E-state index in [0.29, 0.717) is 0 Å². The summed E-state index contributed by atoms with van der Waals surface area (Å²) < 4.78 is 0. The van der Waals surface area contributed by atoms with Crippen molar-refractivity contribution in [3.8, 4) is 0 Å². The molecule has 2 N–H and O–H groups in total. The van der Waals surface area contributed by atoms with Gasteiger partial charge in [0.25, 0.3) is 0 Å². The van der Waals surface area contributed by atoms with Crippen LogP contribution >= 0.6 is 0 Å². The monoisotopic (exact) mass is 233 g/mol. The van der Waals surface area contributed by atoms with Crippen molar-refractivity contribution in [3.05, 3.63) is 35.9 Å². The van der Waals surface area contributed by atoms with Gasteiger partial charge in [0.15, 0.2) is 0 Å². The molecule has 0 aromatic heterocycles. The molecule has 1 fully saturated rings. The minimum absolute atomic E-state index is 0.0612. The van der Waals surface area contributed by atoms with Gasteiger partial charge < -0.3 is 10.6 Å². The van der Waals surface area contributed by atoms with Crippen molar-refractivity contribution in [1.82, 2.24) is 15.5 Å². The first-order valence-corrected chi connectivity index (χ1v) is 6.01. The molecule has 0 saturated carbocycles. The second-order valence-electron chi connectivity index (χ2n) is 4.29. The number of carbonyl (C=O) groups excluding carboxylic acids is 1. The SMILES string of the molecule is CNC(=O)C1CNCCN1Cc1ccccc1. The van der Waals surface area contributed by atoms with Crippen LogP contribution in [0.5, 0.6) is 0 Å². The standard InChI is InChI=1S/C13H19N3O/c1-14-13(17)12-9-15-7-8-16(12)10-11-5-3-2-4-6-11/h2-6,12,15H,7-10H2,1H3,(H,14,17). The summed E-state index contributed by atoms with van der Waals surface area (Å²) in [7, 11) is 1.69. The lowest BCUT2D eigenvalue weighted by Crippen LogP contribution is -2.56. The average Bonchev–Trinajstić information content (AvgIpc) is 2.40. The zero-order valence-electron chi connectivity index (χ0n) is 10.1. The van der Waals surface area contributed by atoms with Crippen molar-refractivity contribution in [2.75, 3.05) is 26.7 Å². The minimum atomic E-state index is -0.0612. The Kier molecular flexibility index (Phi) is 4.12. The molecule has 1 aliphatic rings. The number of nitrogens with one attached hydrogen (secondary N) is 2. The number of benzene rings is 1. The largest absolute Gasteiger partial charge is 0.358 e. The van der Waals surface area contributed by atoms with Crippen LogP contribution in [0.4, 0.5) is 0 Å². The maximum absolute atomic E-state index is 11.8. The second kappa shape index (κ2) is 5.80. The predicted octanol–water partition coefficient (Wildman–Crippen LogP) is 0.206. The zero-order valence-corrected chi connectivity index (χ0v) is 10.1. The molecule has 0 bridgehead atoms. The van der Waals surface area contributed by atoms with E-state index in [9.17, 15) is 4.79 Å². The highest BCUT2D eigenvalue weighted by atomic mass is 16.2. The summed E-state index contributed by atoms with van der Waals surface area (Å²) in [6.45, 7) is 3.42. The number of hydrogen-bond donors (Lipinski definition) is 2. The molecule has 4 heteroatoms. The fraction of sp³-hybridized carbons (Fsp3) is 0.462. The molecule has 17 heavy (non-hydrogen) atoms. The van der Waals surface area contributed by atoms with Crippen LogP contribution in [-0.4, -0.2) is 43.5 Å². The fourth-order valence-corrected chi connectivity index (χ4v) is 2.18. The first-order chi connectivity index (χ1) is 8.31. The highest BCUT2D eigenvalue weighted by Crippen LogP contribution is 2.10. The van der Waals surface area contributed by atoms with Crippen LogP contribution in [0.15, 0.2) is 30.3 Å². The summed E-state index contributed by atoms with van der Waals surface area (Å²) in [5.41, 5.74) is 1.25. The van der Waals surface area contributed by atoms with Crippen LogP contribution in [0.25, 0.3) is 0 Å². The van der Waals surface area contributed by atoms with E-state index < -0.39 is 0 Å². The Morgan fingerprint density at radius 3 is 2.94 bits per heavy atom. The van der Waals surface area contributed by atoms with Crippen LogP contribution in [0.3, 0.4) is 0 Å². The summed E-state index contributed by atoms with van der Waals surface area (Å²) in [4.78, 5) is 14.0. The van der Waals surface area contributed by atoms with Gasteiger partial charge >= 0.3 is 0 Å². The summed E-state index contributed by atoms with van der Waals surface area (Å²) in [6.07, 6.45) is 0. The molecular formula is C13H19N3O. The average molecular weight is 233 g/mol. The van der Waals surface area contributed by atoms with Gasteiger partial charge in [0.1, 0.15) is 6.04 Å². The molecule has 4 nitrogen and oxygen atoms in total. The normalized spacial score (nSPS) is 21.1. The molecule has 1 amide bonds. The number of rotatable bonds is 3. The van der Waals surface area contributed by atoms with E-state index in [1.165, 1.54) is 5.56 Å². The van der Waals surface area contributed by atoms with Crippen molar-refractivity contribution in [3.63, 3.8) is 0 Å². The number of hydrogen-bond acceptors (Lipinski definition) is 3. The Bertz CT molecular complexity index is 366. The van der Waals surface area contributed by atoms with Gasteiger partial charge in [-0.25, -0.2) is 0 Å². The fourth-order valence-electron chi connectivity index (χ4n) is 2.18. The molecule has 2 rings (SSSR count). The van der Waals surface area contributed by atoms with Gasteiger partial charge in [0.2, 0.25) is 5.91 Å². The molecule has 1 aliphatic heterocycles. The van der Waals surface area contributed by atoms with Crippen LogP contribution in [0, 0.1) is 0 Å². The molecule has 1 atom stereocenters. The third-order valence-corrected chi connectivity index (χ3v) is 3.13. The van der Waals surface area contributed by atoms with Crippen LogP contribution in [0.1, 0.15) is 5.56 Å². The van der Waals surface area contributed by atoms with Crippen molar-refractivity contribution >= 4 is 5.91 Å². The minimum Gasteiger partial charge on any atom is -0.358 e. The van der Waals surface area contributed by atoms with Crippen molar-refractivity contribution in [2.45, 2.75) is 12.6 Å². The molecule has 0 aliphatic carbocycles. The van der Waals surface area contributed by atoms with E-state index in [4.69, 9.17) is 0 Å². The van der Waals surface area contributed by atoms with Crippen LogP contribution in [-0.2, 0) is 11.3 Å². The zero-order chi connectivity index (χ0) is 12.1. The van der Waals surface area contributed by atoms with E-state index in [1.54, 1.807) is 7.05 Å². The maximum Gasteiger partial charge on any atom is 0.238 e. The molecule has 92 valence electrons. The maximum atomic E-state index is 11.8. The third-order valence-electron chi connectivity index (χ3n) is 3.13. The lowest BCUT2D eigenvalue weighted by Gasteiger charge is -2.34. The van der Waals surface area contributed by atoms with E-state index in [2.05, 4.69) is 27.7 Å². The topological polar surface area (TPSA) is 44.4 Å². The molecule has 1 heterocycles. The number of amides is 1. The Labute approximate surface area is 102 Å². The lowest BCUT2D eigenvalue weighted by atomic mass is 10.1. The molecule has 0 spiro atoms. The Hall–Kier alpha value is -1.39. The van der Waals surface area contributed by atoms with Gasteiger partial charge in [-0.05, 0) is 5.56 Å². The first kappa shape index (κ1) is 12.1. The van der Waals surface area contributed by atoms with Gasteiger partial charge in [-0.3, -0.25) is 9.69 Å². The summed E-state index contributed by atoms with van der Waals surface area (Å²) >= 11 is 0. The third kappa shape index (κ3) is 3.05. The highest BCUT2D eigenvalue weighted by Gasteiger charge is 2.27. The number of carbonyl (C=O) groups is 1. The van der Waals surface area contributed by atoms with Crippen LogP contribution < -0.4 is 10.6 Å².